The Kier molecular flexibility index (Phi) is 3.74. The summed E-state index contributed by atoms with van der Waals surface area (Å²) in [5.74, 6) is 0.932. The predicted octanol–water partition coefficient (Wildman–Crippen LogP) is 0.725. The normalized spacial score (nSPS) is 10.8. The van der Waals surface area contributed by atoms with E-state index in [0.717, 1.165) is 31.1 Å². The minimum atomic E-state index is 0.635. The van der Waals surface area contributed by atoms with Crippen LogP contribution in [0.4, 0.5) is 0 Å². The van der Waals surface area contributed by atoms with Crippen molar-refractivity contribution in [3.8, 4) is 0 Å². The van der Waals surface area contributed by atoms with Crippen LogP contribution in [0.3, 0.4) is 0 Å². The zero-order valence-corrected chi connectivity index (χ0v) is 9.10. The van der Waals surface area contributed by atoms with Crippen LogP contribution in [0.1, 0.15) is 11.5 Å². The molecule has 0 aliphatic carbocycles. The van der Waals surface area contributed by atoms with E-state index in [1.165, 1.54) is 0 Å². The lowest BCUT2D eigenvalue weighted by molar-refractivity contribution is 0.482. The molecule has 16 heavy (non-hydrogen) atoms. The van der Waals surface area contributed by atoms with Gasteiger partial charge in [0, 0.05) is 25.8 Å². The van der Waals surface area contributed by atoms with Crippen molar-refractivity contribution in [2.24, 2.45) is 5.73 Å². The number of nitrogens with one attached hydrogen (secondary N) is 1. The Morgan fingerprint density at radius 3 is 3.12 bits per heavy atom. The number of nitrogens with zero attached hydrogens (tertiary/aromatic N) is 2. The van der Waals surface area contributed by atoms with Crippen molar-refractivity contribution in [1.29, 1.82) is 0 Å². The largest absolute Gasteiger partial charge is 0.468 e. The van der Waals surface area contributed by atoms with Crippen LogP contribution in [-0.2, 0) is 19.6 Å². The van der Waals surface area contributed by atoms with Crippen LogP contribution in [0, 0.1) is 0 Å². The first-order chi connectivity index (χ1) is 7.88. The lowest BCUT2D eigenvalue weighted by atomic mass is 10.4. The number of furan rings is 1. The molecule has 5 heteroatoms. The van der Waals surface area contributed by atoms with E-state index in [4.69, 9.17) is 10.2 Å². The highest BCUT2D eigenvalue weighted by Gasteiger charge is 1.99. The average Bonchev–Trinajstić information content (AvgIpc) is 2.90. The standard InChI is InChI=1S/C11H16N4O/c12-3-4-15-8-10(14-9-15)6-13-7-11-2-1-5-16-11/h1-2,5,8-9,13H,3-4,6-7,12H2. The van der Waals surface area contributed by atoms with Gasteiger partial charge in [-0.2, -0.15) is 0 Å². The zero-order chi connectivity index (χ0) is 11.2. The molecule has 0 aromatic carbocycles. The predicted molar refractivity (Wildman–Crippen MR) is 60.5 cm³/mol. The van der Waals surface area contributed by atoms with Crippen LogP contribution in [0.15, 0.2) is 35.3 Å². The maximum atomic E-state index is 5.46. The van der Waals surface area contributed by atoms with Gasteiger partial charge in [0.25, 0.3) is 0 Å². The topological polar surface area (TPSA) is 69.0 Å². The van der Waals surface area contributed by atoms with Crippen molar-refractivity contribution < 1.29 is 4.42 Å². The highest BCUT2D eigenvalue weighted by atomic mass is 16.3. The van der Waals surface area contributed by atoms with E-state index < -0.39 is 0 Å². The molecule has 0 unspecified atom stereocenters. The Morgan fingerprint density at radius 2 is 2.38 bits per heavy atom. The number of nitrogens with two attached hydrogens (primary N) is 1. The van der Waals surface area contributed by atoms with E-state index in [1.54, 1.807) is 12.6 Å². The van der Waals surface area contributed by atoms with Gasteiger partial charge in [0.1, 0.15) is 5.76 Å². The fourth-order valence-electron chi connectivity index (χ4n) is 1.50. The molecule has 86 valence electrons. The molecule has 5 nitrogen and oxygen atoms in total. The molecule has 3 N–H and O–H groups in total. The van der Waals surface area contributed by atoms with Gasteiger partial charge in [0.05, 0.1) is 24.8 Å². The fraction of sp³-hybridized carbons (Fsp3) is 0.364. The lowest BCUT2D eigenvalue weighted by Crippen LogP contribution is -2.12. The van der Waals surface area contributed by atoms with Crippen LogP contribution in [-0.4, -0.2) is 16.1 Å². The fourth-order valence-corrected chi connectivity index (χ4v) is 1.50. The molecule has 0 spiro atoms. The summed E-state index contributed by atoms with van der Waals surface area (Å²) in [6.45, 7) is 2.90. The summed E-state index contributed by atoms with van der Waals surface area (Å²) >= 11 is 0. The molecule has 0 bridgehead atoms. The number of aromatic nitrogens is 2. The molecule has 2 aromatic heterocycles. The van der Waals surface area contributed by atoms with Crippen molar-refractivity contribution in [2.75, 3.05) is 6.54 Å². The molecular formula is C11H16N4O. The van der Waals surface area contributed by atoms with Crippen molar-refractivity contribution >= 4 is 0 Å². The number of hydrogen-bond donors (Lipinski definition) is 2. The smallest absolute Gasteiger partial charge is 0.117 e. The van der Waals surface area contributed by atoms with Gasteiger partial charge < -0.3 is 20.0 Å². The molecule has 0 atom stereocenters. The molecule has 0 amide bonds. The van der Waals surface area contributed by atoms with Gasteiger partial charge >= 0.3 is 0 Å². The summed E-state index contributed by atoms with van der Waals surface area (Å²) in [6, 6.07) is 3.83. The van der Waals surface area contributed by atoms with Gasteiger partial charge in [-0.15, -0.1) is 0 Å². The first-order valence-corrected chi connectivity index (χ1v) is 5.32. The van der Waals surface area contributed by atoms with Gasteiger partial charge in [-0.05, 0) is 12.1 Å². The molecule has 2 aromatic rings. The molecule has 0 saturated carbocycles. The molecule has 2 rings (SSSR count). The summed E-state index contributed by atoms with van der Waals surface area (Å²) < 4.78 is 7.20. The second-order valence-electron chi connectivity index (χ2n) is 3.57. The SMILES string of the molecule is NCCn1cnc(CNCc2ccco2)c1. The summed E-state index contributed by atoms with van der Waals surface area (Å²) in [4.78, 5) is 4.27. The third-order valence-corrected chi connectivity index (χ3v) is 2.26. The average molecular weight is 220 g/mol. The van der Waals surface area contributed by atoms with Crippen molar-refractivity contribution in [2.45, 2.75) is 19.6 Å². The Bertz CT molecular complexity index is 407. The summed E-state index contributed by atoms with van der Waals surface area (Å²) in [6.07, 6.45) is 5.48. The van der Waals surface area contributed by atoms with E-state index in [1.807, 2.05) is 22.9 Å². The maximum absolute atomic E-state index is 5.46. The highest BCUT2D eigenvalue weighted by Crippen LogP contribution is 2.00. The number of rotatable bonds is 6. The Hall–Kier alpha value is -1.59. The Balaban J connectivity index is 1.76. The zero-order valence-electron chi connectivity index (χ0n) is 9.10. The van der Waals surface area contributed by atoms with E-state index in [-0.39, 0.29) is 0 Å². The van der Waals surface area contributed by atoms with E-state index in [0.29, 0.717) is 6.54 Å². The molecular weight excluding hydrogens is 204 g/mol. The number of hydrogen-bond acceptors (Lipinski definition) is 4. The van der Waals surface area contributed by atoms with Crippen LogP contribution in [0.2, 0.25) is 0 Å². The Morgan fingerprint density at radius 1 is 1.44 bits per heavy atom. The molecule has 0 aliphatic heterocycles. The minimum absolute atomic E-state index is 0.635. The second-order valence-corrected chi connectivity index (χ2v) is 3.57. The van der Waals surface area contributed by atoms with Crippen molar-refractivity contribution in [3.05, 3.63) is 42.4 Å². The second kappa shape index (κ2) is 5.48. The maximum Gasteiger partial charge on any atom is 0.117 e. The molecule has 2 heterocycles. The third kappa shape index (κ3) is 2.95. The minimum Gasteiger partial charge on any atom is -0.468 e. The van der Waals surface area contributed by atoms with Gasteiger partial charge in [-0.1, -0.05) is 0 Å². The van der Waals surface area contributed by atoms with E-state index in [9.17, 15) is 0 Å². The highest BCUT2D eigenvalue weighted by molar-refractivity contribution is 4.99. The monoisotopic (exact) mass is 220 g/mol. The van der Waals surface area contributed by atoms with Crippen LogP contribution < -0.4 is 11.1 Å². The van der Waals surface area contributed by atoms with E-state index >= 15 is 0 Å². The first-order valence-electron chi connectivity index (χ1n) is 5.32. The molecule has 0 radical (unpaired) electrons. The van der Waals surface area contributed by atoms with Crippen molar-refractivity contribution in [1.82, 2.24) is 14.9 Å². The van der Waals surface area contributed by atoms with Gasteiger partial charge in [-0.25, -0.2) is 4.98 Å². The van der Waals surface area contributed by atoms with Gasteiger partial charge in [-0.3, -0.25) is 0 Å². The summed E-state index contributed by atoms with van der Waals surface area (Å²) in [5.41, 5.74) is 6.47. The van der Waals surface area contributed by atoms with Gasteiger partial charge in [0.2, 0.25) is 0 Å². The first kappa shape index (κ1) is 10.9. The Labute approximate surface area is 94.3 Å². The quantitative estimate of drug-likeness (QED) is 0.752. The molecule has 0 saturated heterocycles. The molecule has 0 aliphatic rings. The van der Waals surface area contributed by atoms with E-state index in [2.05, 4.69) is 10.3 Å². The van der Waals surface area contributed by atoms with Crippen molar-refractivity contribution in [3.63, 3.8) is 0 Å². The lowest BCUT2D eigenvalue weighted by Gasteiger charge is -1.99. The third-order valence-electron chi connectivity index (χ3n) is 2.26. The summed E-state index contributed by atoms with van der Waals surface area (Å²) in [5, 5.41) is 3.26. The van der Waals surface area contributed by atoms with Crippen LogP contribution >= 0.6 is 0 Å². The van der Waals surface area contributed by atoms with Crippen LogP contribution in [0.5, 0.6) is 0 Å². The molecule has 0 fully saturated rings. The number of imidazole rings is 1. The van der Waals surface area contributed by atoms with Gasteiger partial charge in [0.15, 0.2) is 0 Å². The summed E-state index contributed by atoms with van der Waals surface area (Å²) in [7, 11) is 0. The van der Waals surface area contributed by atoms with Crippen LogP contribution in [0.25, 0.3) is 0 Å².